The molecule has 1 aromatic rings. The Bertz CT molecular complexity index is 553. The summed E-state index contributed by atoms with van der Waals surface area (Å²) in [4.78, 5) is 11.8. The van der Waals surface area contributed by atoms with E-state index in [-0.39, 0.29) is 11.7 Å². The summed E-state index contributed by atoms with van der Waals surface area (Å²) in [6.07, 6.45) is 0.606. The quantitative estimate of drug-likeness (QED) is 0.720. The van der Waals surface area contributed by atoms with Crippen molar-refractivity contribution in [2.45, 2.75) is 32.1 Å². The van der Waals surface area contributed by atoms with Gasteiger partial charge in [0, 0.05) is 5.69 Å². The number of benzene rings is 1. The van der Waals surface area contributed by atoms with Crippen molar-refractivity contribution in [2.75, 3.05) is 5.32 Å². The third kappa shape index (κ3) is 6.14. The second kappa shape index (κ2) is 6.83. The maximum Gasteiger partial charge on any atom is 0.241 e. The molecule has 0 radical (unpaired) electrons. The average Bonchev–Trinajstić information content (AvgIpc) is 2.28. The molecule has 1 amide bonds. The first-order valence-corrected chi connectivity index (χ1v) is 8.05. The maximum absolute atomic E-state index is 11.8. The number of hydrogen-bond donors (Lipinski definition) is 3. The Morgan fingerprint density at radius 3 is 2.25 bits per heavy atom. The van der Waals surface area contributed by atoms with Gasteiger partial charge in [-0.05, 0) is 30.0 Å². The molecule has 7 heteroatoms. The average molecular weight is 299 g/mol. The highest BCUT2D eigenvalue weighted by Crippen LogP contribution is 2.12. The molecule has 0 aliphatic heterocycles. The highest BCUT2D eigenvalue weighted by atomic mass is 32.2. The molecule has 0 spiro atoms. The van der Waals surface area contributed by atoms with E-state index in [4.69, 9.17) is 10.9 Å². The smallest absolute Gasteiger partial charge is 0.241 e. The first-order valence-electron chi connectivity index (χ1n) is 6.33. The largest absolute Gasteiger partial charge is 0.325 e. The molecule has 0 saturated heterocycles. The molecular weight excluding hydrogens is 278 g/mol. The molecule has 0 aliphatic rings. The summed E-state index contributed by atoms with van der Waals surface area (Å²) in [6.45, 7) is 3.99. The fraction of sp³-hybridized carbons (Fsp3) is 0.462. The van der Waals surface area contributed by atoms with Crippen molar-refractivity contribution in [3.05, 3.63) is 29.8 Å². The minimum atomic E-state index is -3.55. The van der Waals surface area contributed by atoms with Gasteiger partial charge in [0.2, 0.25) is 15.9 Å². The number of sulfonamides is 1. The predicted molar refractivity (Wildman–Crippen MR) is 79.3 cm³/mol. The van der Waals surface area contributed by atoms with Crippen LogP contribution in [0.5, 0.6) is 0 Å². The van der Waals surface area contributed by atoms with E-state index < -0.39 is 16.1 Å². The number of primary sulfonamides is 1. The molecule has 0 bridgehead atoms. The minimum absolute atomic E-state index is 0.228. The highest BCUT2D eigenvalue weighted by Gasteiger charge is 2.15. The Kier molecular flexibility index (Phi) is 5.67. The third-order valence-electron chi connectivity index (χ3n) is 2.65. The molecule has 0 saturated carbocycles. The van der Waals surface area contributed by atoms with Crippen LogP contribution in [0.4, 0.5) is 5.69 Å². The summed E-state index contributed by atoms with van der Waals surface area (Å²) in [7, 11) is -3.55. The lowest BCUT2D eigenvalue weighted by Crippen LogP contribution is -2.36. The number of nitrogens with one attached hydrogen (secondary N) is 1. The van der Waals surface area contributed by atoms with Crippen LogP contribution in [-0.2, 0) is 20.6 Å². The molecule has 1 atom stereocenters. The Morgan fingerprint density at radius 2 is 1.80 bits per heavy atom. The molecule has 6 nitrogen and oxygen atoms in total. The van der Waals surface area contributed by atoms with Crippen LogP contribution in [0, 0.1) is 5.92 Å². The van der Waals surface area contributed by atoms with Gasteiger partial charge in [0.05, 0.1) is 11.8 Å². The van der Waals surface area contributed by atoms with Crippen LogP contribution in [-0.4, -0.2) is 20.4 Å². The first-order chi connectivity index (χ1) is 9.17. The van der Waals surface area contributed by atoms with Crippen LogP contribution in [0.3, 0.4) is 0 Å². The van der Waals surface area contributed by atoms with Crippen molar-refractivity contribution in [2.24, 2.45) is 16.8 Å². The molecule has 5 N–H and O–H groups in total. The first kappa shape index (κ1) is 16.6. The van der Waals surface area contributed by atoms with Crippen molar-refractivity contribution in [3.8, 4) is 0 Å². The van der Waals surface area contributed by atoms with Gasteiger partial charge in [-0.25, -0.2) is 13.6 Å². The van der Waals surface area contributed by atoms with Crippen LogP contribution in [0.15, 0.2) is 24.3 Å². The molecule has 0 aromatic heterocycles. The maximum atomic E-state index is 11.8. The molecule has 1 unspecified atom stereocenters. The van der Waals surface area contributed by atoms with Gasteiger partial charge in [0.15, 0.2) is 0 Å². The van der Waals surface area contributed by atoms with Crippen molar-refractivity contribution in [1.29, 1.82) is 0 Å². The summed E-state index contributed by atoms with van der Waals surface area (Å²) < 4.78 is 21.9. The van der Waals surface area contributed by atoms with E-state index in [9.17, 15) is 13.2 Å². The fourth-order valence-corrected chi connectivity index (χ4v) is 2.42. The van der Waals surface area contributed by atoms with E-state index >= 15 is 0 Å². The normalized spacial score (nSPS) is 13.2. The number of amides is 1. The minimum Gasteiger partial charge on any atom is -0.325 e. The second-order valence-electron chi connectivity index (χ2n) is 5.23. The van der Waals surface area contributed by atoms with Gasteiger partial charge >= 0.3 is 0 Å². The molecule has 0 fully saturated rings. The van der Waals surface area contributed by atoms with E-state index in [0.29, 0.717) is 23.6 Å². The summed E-state index contributed by atoms with van der Waals surface area (Å²) in [5.41, 5.74) is 6.91. The second-order valence-corrected chi connectivity index (χ2v) is 6.84. The zero-order valence-corrected chi connectivity index (χ0v) is 12.5. The lowest BCUT2D eigenvalue weighted by atomic mass is 10.0. The zero-order chi connectivity index (χ0) is 15.3. The Labute approximate surface area is 119 Å². The van der Waals surface area contributed by atoms with Gasteiger partial charge in [-0.2, -0.15) is 0 Å². The molecule has 1 aromatic carbocycles. The monoisotopic (exact) mass is 299 g/mol. The number of carbonyl (C=O) groups excluding carboxylic acids is 1. The van der Waals surface area contributed by atoms with Gasteiger partial charge in [0.1, 0.15) is 0 Å². The zero-order valence-electron chi connectivity index (χ0n) is 11.7. The Balaban J connectivity index is 2.63. The van der Waals surface area contributed by atoms with E-state index in [1.165, 1.54) is 0 Å². The van der Waals surface area contributed by atoms with Gasteiger partial charge in [-0.1, -0.05) is 26.0 Å². The number of carbonyl (C=O) groups is 1. The highest BCUT2D eigenvalue weighted by molar-refractivity contribution is 7.88. The number of rotatable bonds is 6. The van der Waals surface area contributed by atoms with Gasteiger partial charge in [0.25, 0.3) is 0 Å². The van der Waals surface area contributed by atoms with Crippen LogP contribution in [0.25, 0.3) is 0 Å². The Hall–Kier alpha value is -1.44. The lowest BCUT2D eigenvalue weighted by Gasteiger charge is -2.14. The summed E-state index contributed by atoms with van der Waals surface area (Å²) in [5, 5.41) is 7.65. The van der Waals surface area contributed by atoms with Crippen LogP contribution < -0.4 is 16.2 Å². The summed E-state index contributed by atoms with van der Waals surface area (Å²) in [5.74, 6) is -0.139. The predicted octanol–water partition coefficient (Wildman–Crippen LogP) is 0.787. The lowest BCUT2D eigenvalue weighted by molar-refractivity contribution is -0.117. The number of hydrogen-bond acceptors (Lipinski definition) is 4. The van der Waals surface area contributed by atoms with E-state index in [2.05, 4.69) is 5.32 Å². The van der Waals surface area contributed by atoms with E-state index in [1.54, 1.807) is 24.3 Å². The van der Waals surface area contributed by atoms with Crippen LogP contribution in [0.2, 0.25) is 0 Å². The molecule has 112 valence electrons. The summed E-state index contributed by atoms with van der Waals surface area (Å²) >= 11 is 0. The number of anilines is 1. The Morgan fingerprint density at radius 1 is 1.25 bits per heavy atom. The van der Waals surface area contributed by atoms with E-state index in [0.717, 1.165) is 0 Å². The van der Waals surface area contributed by atoms with Gasteiger partial charge < -0.3 is 11.1 Å². The third-order valence-corrected chi connectivity index (χ3v) is 3.39. The van der Waals surface area contributed by atoms with Crippen LogP contribution in [0.1, 0.15) is 25.8 Å². The van der Waals surface area contributed by atoms with Gasteiger partial charge in [-0.15, -0.1) is 0 Å². The summed E-state index contributed by atoms with van der Waals surface area (Å²) in [6, 6.07) is 5.90. The molecular formula is C13H21N3O3S. The molecule has 0 aliphatic carbocycles. The van der Waals surface area contributed by atoms with Crippen molar-refractivity contribution in [3.63, 3.8) is 0 Å². The van der Waals surface area contributed by atoms with E-state index in [1.807, 2.05) is 13.8 Å². The molecule has 1 rings (SSSR count). The standard InChI is InChI=1S/C13H21N3O3S/c1-9(2)7-12(14)13(17)16-11-5-3-10(4-6-11)8-20(15,18)19/h3-6,9,12H,7-8,14H2,1-2H3,(H,16,17)(H2,15,18,19). The van der Waals surface area contributed by atoms with Gasteiger partial charge in [-0.3, -0.25) is 4.79 Å². The van der Waals surface area contributed by atoms with Crippen molar-refractivity contribution >= 4 is 21.6 Å². The fourth-order valence-electron chi connectivity index (χ4n) is 1.77. The van der Waals surface area contributed by atoms with Crippen molar-refractivity contribution in [1.82, 2.24) is 0 Å². The van der Waals surface area contributed by atoms with Crippen LogP contribution >= 0.6 is 0 Å². The molecule has 20 heavy (non-hydrogen) atoms. The number of nitrogens with two attached hydrogens (primary N) is 2. The molecule has 0 heterocycles. The topological polar surface area (TPSA) is 115 Å². The van der Waals surface area contributed by atoms with Crippen molar-refractivity contribution < 1.29 is 13.2 Å². The SMILES string of the molecule is CC(C)CC(N)C(=O)Nc1ccc(CS(N)(=O)=O)cc1.